The van der Waals surface area contributed by atoms with Crippen LogP contribution in [0, 0.1) is 0 Å². The number of carbonyl (C=O) groups excluding carboxylic acids is 1. The lowest BCUT2D eigenvalue weighted by Gasteiger charge is -2.25. The summed E-state index contributed by atoms with van der Waals surface area (Å²) in [4.78, 5) is 27.3. The van der Waals surface area contributed by atoms with Gasteiger partial charge in [-0.3, -0.25) is 9.59 Å². The number of hydrogen-bond donors (Lipinski definition) is 1. The molecular weight excluding hydrogens is 204 g/mol. The molecule has 0 fully saturated rings. The lowest BCUT2D eigenvalue weighted by atomic mass is 10.1. The number of H-pyrrole nitrogens is 1. The summed E-state index contributed by atoms with van der Waals surface area (Å²) in [5.41, 5.74) is 1.53. The molecule has 4 heteroatoms. The number of aromatic amines is 1. The summed E-state index contributed by atoms with van der Waals surface area (Å²) in [7, 11) is 0. The maximum atomic E-state index is 12.0. The van der Waals surface area contributed by atoms with E-state index in [1.54, 1.807) is 11.0 Å². The van der Waals surface area contributed by atoms with Crippen LogP contribution < -0.4 is 5.56 Å². The zero-order chi connectivity index (χ0) is 11.5. The topological polar surface area (TPSA) is 53.2 Å². The average molecular weight is 218 g/mol. The van der Waals surface area contributed by atoms with Crippen LogP contribution in [0.3, 0.4) is 0 Å². The van der Waals surface area contributed by atoms with E-state index in [1.165, 1.54) is 17.8 Å². The fourth-order valence-electron chi connectivity index (χ4n) is 1.72. The van der Waals surface area contributed by atoms with Crippen LogP contribution in [0.1, 0.15) is 23.7 Å². The lowest BCUT2D eigenvalue weighted by Crippen LogP contribution is -2.35. The van der Waals surface area contributed by atoms with Gasteiger partial charge in [-0.15, -0.1) is 0 Å². The molecule has 1 N–H and O–H groups in total. The predicted octanol–water partition coefficient (Wildman–Crippen LogP) is 1.17. The van der Waals surface area contributed by atoms with Gasteiger partial charge >= 0.3 is 0 Å². The first-order valence-corrected chi connectivity index (χ1v) is 5.30. The van der Waals surface area contributed by atoms with Crippen molar-refractivity contribution in [3.63, 3.8) is 0 Å². The number of rotatable bonds is 1. The number of carbonyl (C=O) groups is 1. The molecule has 0 aromatic carbocycles. The summed E-state index contributed by atoms with van der Waals surface area (Å²) < 4.78 is 0. The number of pyridine rings is 1. The van der Waals surface area contributed by atoms with Gasteiger partial charge in [-0.25, -0.2) is 0 Å². The van der Waals surface area contributed by atoms with Crippen LogP contribution in [0.2, 0.25) is 0 Å². The van der Waals surface area contributed by atoms with Crippen LogP contribution in [-0.4, -0.2) is 28.9 Å². The minimum absolute atomic E-state index is 0.0742. The largest absolute Gasteiger partial charge is 0.335 e. The molecule has 4 nitrogen and oxygen atoms in total. The third-order valence-electron chi connectivity index (χ3n) is 2.75. The van der Waals surface area contributed by atoms with E-state index < -0.39 is 0 Å². The predicted molar refractivity (Wildman–Crippen MR) is 61.3 cm³/mol. The van der Waals surface area contributed by atoms with Gasteiger partial charge in [0.05, 0.1) is 0 Å². The zero-order valence-electron chi connectivity index (χ0n) is 9.19. The molecule has 0 unspecified atom stereocenters. The van der Waals surface area contributed by atoms with Crippen molar-refractivity contribution in [1.82, 2.24) is 9.88 Å². The van der Waals surface area contributed by atoms with Gasteiger partial charge in [0.15, 0.2) is 0 Å². The maximum Gasteiger partial charge on any atom is 0.254 e. The Bertz CT molecular complexity index is 488. The fraction of sp³-hybridized carbons (Fsp3) is 0.333. The van der Waals surface area contributed by atoms with Crippen LogP contribution in [-0.2, 0) is 0 Å². The Kier molecular flexibility index (Phi) is 2.90. The van der Waals surface area contributed by atoms with Crippen molar-refractivity contribution in [1.29, 1.82) is 0 Å². The van der Waals surface area contributed by atoms with Gasteiger partial charge < -0.3 is 9.88 Å². The second kappa shape index (κ2) is 4.35. The van der Waals surface area contributed by atoms with E-state index in [0.29, 0.717) is 12.1 Å². The van der Waals surface area contributed by atoms with E-state index in [0.717, 1.165) is 13.0 Å². The summed E-state index contributed by atoms with van der Waals surface area (Å²) in [6, 6.07) is 2.97. The van der Waals surface area contributed by atoms with Crippen molar-refractivity contribution < 1.29 is 4.79 Å². The highest BCUT2D eigenvalue weighted by Crippen LogP contribution is 2.12. The smallest absolute Gasteiger partial charge is 0.254 e. The highest BCUT2D eigenvalue weighted by molar-refractivity contribution is 5.94. The monoisotopic (exact) mass is 218 g/mol. The summed E-state index contributed by atoms with van der Waals surface area (Å²) >= 11 is 0. The average Bonchev–Trinajstić information content (AvgIpc) is 2.29. The van der Waals surface area contributed by atoms with Gasteiger partial charge in [0.2, 0.25) is 5.56 Å². The Morgan fingerprint density at radius 2 is 2.31 bits per heavy atom. The van der Waals surface area contributed by atoms with Gasteiger partial charge in [0.25, 0.3) is 5.91 Å². The van der Waals surface area contributed by atoms with Gasteiger partial charge in [-0.2, -0.15) is 0 Å². The molecule has 1 aliphatic heterocycles. The van der Waals surface area contributed by atoms with Gasteiger partial charge in [0, 0.05) is 30.9 Å². The molecule has 0 spiro atoms. The summed E-state index contributed by atoms with van der Waals surface area (Å²) in [5.74, 6) is -0.0742. The second-order valence-electron chi connectivity index (χ2n) is 3.99. The molecule has 2 heterocycles. The molecule has 16 heavy (non-hydrogen) atoms. The Morgan fingerprint density at radius 3 is 2.94 bits per heavy atom. The number of hydrogen-bond acceptors (Lipinski definition) is 2. The van der Waals surface area contributed by atoms with E-state index >= 15 is 0 Å². The molecule has 2 rings (SSSR count). The first kappa shape index (κ1) is 10.7. The molecule has 0 radical (unpaired) electrons. The first-order chi connectivity index (χ1) is 7.66. The molecule has 0 atom stereocenters. The molecular formula is C12H14N2O2. The minimum Gasteiger partial charge on any atom is -0.335 e. The maximum absolute atomic E-state index is 12.0. The van der Waals surface area contributed by atoms with E-state index in [4.69, 9.17) is 0 Å². The van der Waals surface area contributed by atoms with Crippen LogP contribution >= 0.6 is 0 Å². The molecule has 1 aromatic heterocycles. The fourth-order valence-corrected chi connectivity index (χ4v) is 1.72. The number of nitrogens with one attached hydrogen (secondary N) is 1. The van der Waals surface area contributed by atoms with Gasteiger partial charge in [-0.05, 0) is 19.4 Å². The van der Waals surface area contributed by atoms with Crippen molar-refractivity contribution in [2.75, 3.05) is 13.1 Å². The van der Waals surface area contributed by atoms with Crippen molar-refractivity contribution in [2.24, 2.45) is 0 Å². The Balaban J connectivity index is 2.17. The molecule has 0 aliphatic carbocycles. The summed E-state index contributed by atoms with van der Waals surface area (Å²) in [5, 5.41) is 0. The van der Waals surface area contributed by atoms with Crippen LogP contribution in [0.5, 0.6) is 0 Å². The van der Waals surface area contributed by atoms with Crippen LogP contribution in [0.15, 0.2) is 34.8 Å². The third kappa shape index (κ3) is 2.21. The molecule has 1 aromatic rings. The quantitative estimate of drug-likeness (QED) is 0.719. The van der Waals surface area contributed by atoms with E-state index in [9.17, 15) is 9.59 Å². The van der Waals surface area contributed by atoms with Gasteiger partial charge in [0.1, 0.15) is 0 Å². The second-order valence-corrected chi connectivity index (χ2v) is 3.99. The van der Waals surface area contributed by atoms with Crippen LogP contribution in [0.4, 0.5) is 0 Å². The normalized spacial score (nSPS) is 15.8. The van der Waals surface area contributed by atoms with E-state index in [1.807, 2.05) is 0 Å². The van der Waals surface area contributed by atoms with Crippen molar-refractivity contribution in [3.05, 3.63) is 45.9 Å². The molecule has 1 aliphatic rings. The first-order valence-electron chi connectivity index (χ1n) is 5.30. The summed E-state index contributed by atoms with van der Waals surface area (Å²) in [6.45, 7) is 3.43. The highest BCUT2D eigenvalue weighted by Gasteiger charge is 2.17. The number of aromatic nitrogens is 1. The number of nitrogens with zero attached hydrogens (tertiary/aromatic N) is 1. The van der Waals surface area contributed by atoms with Gasteiger partial charge in [-0.1, -0.05) is 11.6 Å². The molecule has 0 saturated carbocycles. The van der Waals surface area contributed by atoms with Crippen molar-refractivity contribution in [3.8, 4) is 0 Å². The Hall–Kier alpha value is -1.84. The van der Waals surface area contributed by atoms with Crippen molar-refractivity contribution >= 4 is 5.91 Å². The molecule has 1 amide bonds. The molecule has 0 bridgehead atoms. The van der Waals surface area contributed by atoms with E-state index in [-0.39, 0.29) is 11.5 Å². The number of amides is 1. The molecule has 0 saturated heterocycles. The molecule has 84 valence electrons. The third-order valence-corrected chi connectivity index (χ3v) is 2.75. The van der Waals surface area contributed by atoms with Crippen LogP contribution in [0.25, 0.3) is 0 Å². The summed E-state index contributed by atoms with van der Waals surface area (Å²) in [6.07, 6.45) is 4.46. The highest BCUT2D eigenvalue weighted by atomic mass is 16.2. The zero-order valence-corrected chi connectivity index (χ0v) is 9.19. The lowest BCUT2D eigenvalue weighted by molar-refractivity contribution is 0.0769. The Morgan fingerprint density at radius 1 is 1.50 bits per heavy atom. The minimum atomic E-state index is -0.241. The van der Waals surface area contributed by atoms with E-state index in [2.05, 4.69) is 18.0 Å². The van der Waals surface area contributed by atoms with Crippen molar-refractivity contribution in [2.45, 2.75) is 13.3 Å². The standard InChI is InChI=1S/C12H14N2O2/c1-9-3-6-14(7-4-9)12(16)10-2-5-13-11(15)8-10/h2-3,5,8H,4,6-7H2,1H3,(H,13,15). The SMILES string of the molecule is CC1=CCN(C(=O)c2cc[nH]c(=O)c2)CC1. The Labute approximate surface area is 93.6 Å².